The summed E-state index contributed by atoms with van der Waals surface area (Å²) in [5.41, 5.74) is 9.60. The number of oxazole rings is 1. The predicted molar refractivity (Wildman–Crippen MR) is 79.1 cm³/mol. The van der Waals surface area contributed by atoms with E-state index in [0.29, 0.717) is 22.2 Å². The van der Waals surface area contributed by atoms with Crippen molar-refractivity contribution in [2.45, 2.75) is 11.0 Å². The first kappa shape index (κ1) is 12.6. The van der Waals surface area contributed by atoms with Crippen molar-refractivity contribution in [1.82, 2.24) is 4.98 Å². The summed E-state index contributed by atoms with van der Waals surface area (Å²) in [4.78, 5) is 4.38. The highest BCUT2D eigenvalue weighted by Crippen LogP contribution is 2.27. The smallest absolute Gasteiger partial charge is 0.257 e. The number of hydrogen-bond donors (Lipinski definition) is 1. The van der Waals surface area contributed by atoms with Crippen LogP contribution in [0, 0.1) is 11.3 Å². The first-order valence-electron chi connectivity index (χ1n) is 6.02. The molecule has 98 valence electrons. The average Bonchev–Trinajstić information content (AvgIpc) is 2.87. The Morgan fingerprint density at radius 1 is 1.25 bits per heavy atom. The van der Waals surface area contributed by atoms with E-state index in [4.69, 9.17) is 15.4 Å². The quantitative estimate of drug-likeness (QED) is 0.586. The molecule has 1 aromatic heterocycles. The van der Waals surface area contributed by atoms with Gasteiger partial charge < -0.3 is 10.2 Å². The highest BCUT2D eigenvalue weighted by atomic mass is 32.2. The number of nitrogens with two attached hydrogens (primary N) is 1. The Morgan fingerprint density at radius 3 is 3.00 bits per heavy atom. The molecule has 20 heavy (non-hydrogen) atoms. The molecule has 0 amide bonds. The van der Waals surface area contributed by atoms with Crippen LogP contribution in [-0.2, 0) is 5.75 Å². The third-order valence-electron chi connectivity index (χ3n) is 2.81. The molecule has 3 rings (SSSR count). The molecular formula is C15H11N3OS. The minimum Gasteiger partial charge on any atom is -0.431 e. The Kier molecular flexibility index (Phi) is 3.32. The Morgan fingerprint density at radius 2 is 2.15 bits per heavy atom. The van der Waals surface area contributed by atoms with Crippen molar-refractivity contribution < 1.29 is 4.42 Å². The summed E-state index contributed by atoms with van der Waals surface area (Å²) >= 11 is 1.50. The third kappa shape index (κ3) is 2.60. The molecule has 4 nitrogen and oxygen atoms in total. The molecule has 0 atom stereocenters. The number of nitriles is 1. The van der Waals surface area contributed by atoms with Gasteiger partial charge in [0.1, 0.15) is 5.52 Å². The van der Waals surface area contributed by atoms with Crippen molar-refractivity contribution in [2.75, 3.05) is 5.73 Å². The molecule has 3 aromatic rings. The van der Waals surface area contributed by atoms with E-state index in [2.05, 4.69) is 11.1 Å². The molecule has 2 aromatic carbocycles. The second-order valence-corrected chi connectivity index (χ2v) is 5.23. The fourth-order valence-electron chi connectivity index (χ4n) is 1.86. The molecule has 0 fully saturated rings. The van der Waals surface area contributed by atoms with Crippen LogP contribution in [0.25, 0.3) is 11.1 Å². The zero-order valence-electron chi connectivity index (χ0n) is 10.5. The minimum absolute atomic E-state index is 0.605. The summed E-state index contributed by atoms with van der Waals surface area (Å²) in [5.74, 6) is 0.706. The van der Waals surface area contributed by atoms with Crippen molar-refractivity contribution in [2.24, 2.45) is 0 Å². The molecule has 0 unspecified atom stereocenters. The Bertz CT molecular complexity index is 804. The lowest BCUT2D eigenvalue weighted by Gasteiger charge is -1.98. The van der Waals surface area contributed by atoms with E-state index in [-0.39, 0.29) is 0 Å². The minimum atomic E-state index is 0.605. The Labute approximate surface area is 120 Å². The van der Waals surface area contributed by atoms with E-state index >= 15 is 0 Å². The van der Waals surface area contributed by atoms with Crippen molar-refractivity contribution in [3.63, 3.8) is 0 Å². The van der Waals surface area contributed by atoms with Crippen LogP contribution in [0.5, 0.6) is 0 Å². The number of benzene rings is 2. The fraction of sp³-hybridized carbons (Fsp3) is 0.0667. The van der Waals surface area contributed by atoms with Crippen LogP contribution < -0.4 is 5.73 Å². The van der Waals surface area contributed by atoms with Crippen LogP contribution in [-0.4, -0.2) is 4.98 Å². The van der Waals surface area contributed by atoms with E-state index in [1.807, 2.05) is 24.3 Å². The predicted octanol–water partition coefficient (Wildman–Crippen LogP) is 3.57. The number of aromatic nitrogens is 1. The second kappa shape index (κ2) is 5.27. The molecular weight excluding hydrogens is 270 g/mol. The van der Waals surface area contributed by atoms with Crippen LogP contribution in [0.2, 0.25) is 0 Å². The molecule has 0 aliphatic heterocycles. The van der Waals surface area contributed by atoms with Gasteiger partial charge in [-0.05, 0) is 35.9 Å². The summed E-state index contributed by atoms with van der Waals surface area (Å²) in [5, 5.41) is 9.47. The van der Waals surface area contributed by atoms with Gasteiger partial charge in [0.05, 0.1) is 11.6 Å². The maximum absolute atomic E-state index is 8.87. The Balaban J connectivity index is 1.78. The summed E-state index contributed by atoms with van der Waals surface area (Å²) in [6, 6.07) is 15.0. The summed E-state index contributed by atoms with van der Waals surface area (Å²) < 4.78 is 5.63. The largest absolute Gasteiger partial charge is 0.431 e. The zero-order chi connectivity index (χ0) is 13.9. The number of nitrogens with zero attached hydrogens (tertiary/aromatic N) is 2. The van der Waals surface area contributed by atoms with Crippen molar-refractivity contribution in [3.05, 3.63) is 53.6 Å². The van der Waals surface area contributed by atoms with Crippen LogP contribution >= 0.6 is 11.8 Å². The number of thioether (sulfide) groups is 1. The monoisotopic (exact) mass is 281 g/mol. The lowest BCUT2D eigenvalue weighted by atomic mass is 10.2. The van der Waals surface area contributed by atoms with Gasteiger partial charge in [-0.15, -0.1) is 0 Å². The van der Waals surface area contributed by atoms with Crippen LogP contribution in [0.3, 0.4) is 0 Å². The molecule has 0 aliphatic rings. The van der Waals surface area contributed by atoms with Gasteiger partial charge in [-0.2, -0.15) is 5.26 Å². The van der Waals surface area contributed by atoms with Crippen LogP contribution in [0.4, 0.5) is 5.69 Å². The van der Waals surface area contributed by atoms with E-state index in [0.717, 1.165) is 16.7 Å². The molecule has 0 spiro atoms. The van der Waals surface area contributed by atoms with E-state index in [9.17, 15) is 0 Å². The number of anilines is 1. The summed E-state index contributed by atoms with van der Waals surface area (Å²) in [6.07, 6.45) is 0. The van der Waals surface area contributed by atoms with E-state index in [1.54, 1.807) is 18.2 Å². The van der Waals surface area contributed by atoms with Gasteiger partial charge in [0.15, 0.2) is 5.58 Å². The van der Waals surface area contributed by atoms with Crippen molar-refractivity contribution in [3.8, 4) is 6.07 Å². The maximum atomic E-state index is 8.87. The van der Waals surface area contributed by atoms with E-state index < -0.39 is 0 Å². The standard InChI is InChI=1S/C15H11N3OS/c16-8-10-2-1-3-11(6-10)9-20-15-18-13-7-12(17)4-5-14(13)19-15/h1-7H,9,17H2. The first-order valence-corrected chi connectivity index (χ1v) is 7.01. The van der Waals surface area contributed by atoms with Gasteiger partial charge in [-0.1, -0.05) is 23.9 Å². The molecule has 0 aliphatic carbocycles. The number of hydrogen-bond acceptors (Lipinski definition) is 5. The molecule has 0 saturated heterocycles. The van der Waals surface area contributed by atoms with Crippen molar-refractivity contribution >= 4 is 28.5 Å². The van der Waals surface area contributed by atoms with Gasteiger partial charge in [0, 0.05) is 11.4 Å². The maximum Gasteiger partial charge on any atom is 0.257 e. The zero-order valence-corrected chi connectivity index (χ0v) is 11.4. The second-order valence-electron chi connectivity index (χ2n) is 4.31. The molecule has 1 heterocycles. The number of rotatable bonds is 3. The van der Waals surface area contributed by atoms with Gasteiger partial charge >= 0.3 is 0 Å². The van der Waals surface area contributed by atoms with Gasteiger partial charge in [0.25, 0.3) is 5.22 Å². The van der Waals surface area contributed by atoms with Crippen molar-refractivity contribution in [1.29, 1.82) is 5.26 Å². The lowest BCUT2D eigenvalue weighted by molar-refractivity contribution is 0.489. The Hall–Kier alpha value is -2.45. The topological polar surface area (TPSA) is 75.8 Å². The summed E-state index contributed by atoms with van der Waals surface area (Å²) in [7, 11) is 0. The fourth-order valence-corrected chi connectivity index (χ4v) is 2.64. The highest BCUT2D eigenvalue weighted by Gasteiger charge is 2.07. The first-order chi connectivity index (χ1) is 9.74. The third-order valence-corrected chi connectivity index (χ3v) is 3.71. The molecule has 0 saturated carbocycles. The SMILES string of the molecule is N#Cc1cccc(CSc2nc3cc(N)ccc3o2)c1. The molecule has 0 bridgehead atoms. The van der Waals surface area contributed by atoms with Gasteiger partial charge in [-0.25, -0.2) is 4.98 Å². The van der Waals surface area contributed by atoms with Gasteiger partial charge in [0.2, 0.25) is 0 Å². The summed E-state index contributed by atoms with van der Waals surface area (Å²) in [6.45, 7) is 0. The van der Waals surface area contributed by atoms with Gasteiger partial charge in [-0.3, -0.25) is 0 Å². The van der Waals surface area contributed by atoms with Crippen LogP contribution in [0.1, 0.15) is 11.1 Å². The molecule has 5 heteroatoms. The number of fused-ring (bicyclic) bond motifs is 1. The molecule has 0 radical (unpaired) electrons. The number of nitrogen functional groups attached to an aromatic ring is 1. The average molecular weight is 281 g/mol. The normalized spacial score (nSPS) is 10.6. The van der Waals surface area contributed by atoms with Crippen LogP contribution in [0.15, 0.2) is 52.1 Å². The lowest BCUT2D eigenvalue weighted by Crippen LogP contribution is -1.83. The molecule has 2 N–H and O–H groups in total. The highest BCUT2D eigenvalue weighted by molar-refractivity contribution is 7.98. The van der Waals surface area contributed by atoms with E-state index in [1.165, 1.54) is 11.8 Å².